The summed E-state index contributed by atoms with van der Waals surface area (Å²) in [4.78, 5) is 7.07. The number of halogens is 1. The van der Waals surface area contributed by atoms with Gasteiger partial charge < -0.3 is 9.64 Å². The van der Waals surface area contributed by atoms with Crippen molar-refractivity contribution in [1.29, 1.82) is 0 Å². The number of rotatable bonds is 5. The van der Waals surface area contributed by atoms with Crippen LogP contribution in [0.3, 0.4) is 0 Å². The maximum Gasteiger partial charge on any atom is 0.243 e. The Morgan fingerprint density at radius 2 is 1.82 bits per heavy atom. The van der Waals surface area contributed by atoms with Crippen LogP contribution in [0.2, 0.25) is 5.02 Å². The molecule has 6 nitrogen and oxygen atoms in total. The molecule has 2 heterocycles. The Kier molecular flexibility index (Phi) is 5.46. The third kappa shape index (κ3) is 3.82. The number of hydrogen-bond donors (Lipinski definition) is 0. The van der Waals surface area contributed by atoms with Crippen LogP contribution in [0.15, 0.2) is 47.4 Å². The summed E-state index contributed by atoms with van der Waals surface area (Å²) >= 11 is 7.63. The summed E-state index contributed by atoms with van der Waals surface area (Å²) in [6.07, 6.45) is 0. The van der Waals surface area contributed by atoms with Gasteiger partial charge >= 0.3 is 0 Å². The molecule has 28 heavy (non-hydrogen) atoms. The lowest BCUT2D eigenvalue weighted by Crippen LogP contribution is -2.48. The first-order valence-corrected chi connectivity index (χ1v) is 11.6. The van der Waals surface area contributed by atoms with Gasteiger partial charge in [-0.1, -0.05) is 22.9 Å². The summed E-state index contributed by atoms with van der Waals surface area (Å²) in [6.45, 7) is 4.49. The highest BCUT2D eigenvalue weighted by molar-refractivity contribution is 7.89. The van der Waals surface area contributed by atoms with Gasteiger partial charge in [-0.25, -0.2) is 13.4 Å². The van der Waals surface area contributed by atoms with Gasteiger partial charge in [0.05, 0.1) is 21.7 Å². The molecule has 0 bridgehead atoms. The van der Waals surface area contributed by atoms with Crippen molar-refractivity contribution in [2.45, 2.75) is 11.8 Å². The fourth-order valence-corrected chi connectivity index (χ4v) is 5.88. The standard InChI is InChI=1S/C19H20ClN3O3S2/c1-2-26-15-4-6-16(7-5-15)28(24,25)23-11-9-22(10-12-23)19-21-17-8-3-14(20)13-18(17)27-19/h3-8,13H,2,9-12H2,1H3. The second kappa shape index (κ2) is 7.87. The van der Waals surface area contributed by atoms with Gasteiger partial charge in [-0.15, -0.1) is 0 Å². The van der Waals surface area contributed by atoms with Crippen LogP contribution in [-0.2, 0) is 10.0 Å². The van der Waals surface area contributed by atoms with Crippen LogP contribution in [0.1, 0.15) is 6.92 Å². The maximum atomic E-state index is 12.9. The highest BCUT2D eigenvalue weighted by Gasteiger charge is 2.29. The van der Waals surface area contributed by atoms with Crippen molar-refractivity contribution in [3.63, 3.8) is 0 Å². The smallest absolute Gasteiger partial charge is 0.243 e. The molecule has 1 aliphatic heterocycles. The average molecular weight is 438 g/mol. The molecule has 3 aromatic rings. The number of ether oxygens (including phenoxy) is 1. The maximum absolute atomic E-state index is 12.9. The zero-order valence-corrected chi connectivity index (χ0v) is 17.7. The number of anilines is 1. The molecule has 0 N–H and O–H groups in total. The number of piperazine rings is 1. The second-order valence-corrected chi connectivity index (χ2v) is 9.79. The van der Waals surface area contributed by atoms with E-state index in [0.29, 0.717) is 48.5 Å². The predicted octanol–water partition coefficient (Wildman–Crippen LogP) is 3.86. The summed E-state index contributed by atoms with van der Waals surface area (Å²) in [6, 6.07) is 12.2. The van der Waals surface area contributed by atoms with E-state index in [1.165, 1.54) is 4.31 Å². The van der Waals surface area contributed by atoms with Gasteiger partial charge in [-0.2, -0.15) is 4.31 Å². The predicted molar refractivity (Wildman–Crippen MR) is 113 cm³/mol. The zero-order valence-electron chi connectivity index (χ0n) is 15.3. The van der Waals surface area contributed by atoms with Crippen molar-refractivity contribution < 1.29 is 13.2 Å². The quantitative estimate of drug-likeness (QED) is 0.606. The van der Waals surface area contributed by atoms with Crippen molar-refractivity contribution in [2.24, 2.45) is 0 Å². The second-order valence-electron chi connectivity index (χ2n) is 6.40. The first kappa shape index (κ1) is 19.4. The Balaban J connectivity index is 1.46. The molecule has 0 radical (unpaired) electrons. The average Bonchev–Trinajstić information content (AvgIpc) is 3.12. The lowest BCUT2D eigenvalue weighted by atomic mass is 10.3. The van der Waals surface area contributed by atoms with Crippen molar-refractivity contribution in [3.05, 3.63) is 47.5 Å². The van der Waals surface area contributed by atoms with Crippen molar-refractivity contribution in [2.75, 3.05) is 37.7 Å². The van der Waals surface area contributed by atoms with Gasteiger partial charge in [0.15, 0.2) is 5.13 Å². The zero-order chi connectivity index (χ0) is 19.7. The Bertz CT molecular complexity index is 1080. The van der Waals surface area contributed by atoms with Gasteiger partial charge in [0, 0.05) is 31.2 Å². The molecule has 0 amide bonds. The molecule has 9 heteroatoms. The summed E-state index contributed by atoms with van der Waals surface area (Å²) < 4.78 is 33.8. The molecular weight excluding hydrogens is 418 g/mol. The molecule has 0 aliphatic carbocycles. The molecule has 1 fully saturated rings. The minimum Gasteiger partial charge on any atom is -0.494 e. The fourth-order valence-electron chi connectivity index (χ4n) is 3.16. The van der Waals surface area contributed by atoms with Crippen LogP contribution in [-0.4, -0.2) is 50.5 Å². The normalized spacial score (nSPS) is 15.9. The minimum atomic E-state index is -3.51. The largest absolute Gasteiger partial charge is 0.494 e. The third-order valence-electron chi connectivity index (χ3n) is 4.62. The molecule has 0 saturated carbocycles. The molecule has 0 spiro atoms. The Morgan fingerprint density at radius 1 is 1.11 bits per heavy atom. The number of sulfonamides is 1. The summed E-state index contributed by atoms with van der Waals surface area (Å²) in [7, 11) is -3.51. The van der Waals surface area contributed by atoms with Crippen LogP contribution in [0.25, 0.3) is 10.2 Å². The molecular formula is C19H20ClN3O3S2. The van der Waals surface area contributed by atoms with Crippen molar-refractivity contribution in [1.82, 2.24) is 9.29 Å². The lowest BCUT2D eigenvalue weighted by molar-refractivity contribution is 0.340. The monoisotopic (exact) mass is 437 g/mol. The summed E-state index contributed by atoms with van der Waals surface area (Å²) in [5.41, 5.74) is 0.911. The van der Waals surface area contributed by atoms with E-state index in [9.17, 15) is 8.42 Å². The fraction of sp³-hybridized carbons (Fsp3) is 0.316. The summed E-state index contributed by atoms with van der Waals surface area (Å²) in [5.74, 6) is 0.669. The van der Waals surface area contributed by atoms with Gasteiger partial charge in [-0.3, -0.25) is 0 Å². The van der Waals surface area contributed by atoms with E-state index in [1.54, 1.807) is 35.6 Å². The summed E-state index contributed by atoms with van der Waals surface area (Å²) in [5, 5.41) is 1.59. The lowest BCUT2D eigenvalue weighted by Gasteiger charge is -2.33. The molecule has 4 rings (SSSR count). The van der Waals surface area contributed by atoms with Crippen LogP contribution in [0, 0.1) is 0 Å². The van der Waals surface area contributed by atoms with E-state index in [1.807, 2.05) is 25.1 Å². The van der Waals surface area contributed by atoms with Gasteiger partial charge in [0.2, 0.25) is 10.0 Å². The third-order valence-corrected chi connectivity index (χ3v) is 7.85. The SMILES string of the molecule is CCOc1ccc(S(=O)(=O)N2CCN(c3nc4ccc(Cl)cc4s3)CC2)cc1. The van der Waals surface area contributed by atoms with Gasteiger partial charge in [-0.05, 0) is 49.4 Å². The topological polar surface area (TPSA) is 62.7 Å². The minimum absolute atomic E-state index is 0.291. The Hall–Kier alpha value is -1.87. The number of benzene rings is 2. The Labute approximate surface area is 173 Å². The van der Waals surface area contributed by atoms with Crippen LogP contribution in [0.4, 0.5) is 5.13 Å². The van der Waals surface area contributed by atoms with Crippen molar-refractivity contribution in [3.8, 4) is 5.75 Å². The highest BCUT2D eigenvalue weighted by atomic mass is 35.5. The first-order valence-electron chi connectivity index (χ1n) is 9.01. The van der Waals surface area contributed by atoms with E-state index < -0.39 is 10.0 Å². The molecule has 1 saturated heterocycles. The van der Waals surface area contributed by atoms with Gasteiger partial charge in [0.1, 0.15) is 5.75 Å². The number of hydrogen-bond acceptors (Lipinski definition) is 6. The molecule has 1 aliphatic rings. The molecule has 0 atom stereocenters. The van der Waals surface area contributed by atoms with Crippen LogP contribution < -0.4 is 9.64 Å². The van der Waals surface area contributed by atoms with Crippen LogP contribution >= 0.6 is 22.9 Å². The number of thiazole rings is 1. The molecule has 0 unspecified atom stereocenters. The van der Waals surface area contributed by atoms with Crippen molar-refractivity contribution >= 4 is 48.3 Å². The number of fused-ring (bicyclic) bond motifs is 1. The van der Waals surface area contributed by atoms with E-state index in [2.05, 4.69) is 9.88 Å². The first-order chi connectivity index (χ1) is 13.5. The molecule has 148 valence electrons. The van der Waals surface area contributed by atoms with Gasteiger partial charge in [0.25, 0.3) is 0 Å². The molecule has 1 aromatic heterocycles. The number of nitrogens with zero attached hydrogens (tertiary/aromatic N) is 3. The Morgan fingerprint density at radius 3 is 2.50 bits per heavy atom. The van der Waals surface area contributed by atoms with E-state index in [0.717, 1.165) is 15.3 Å². The van der Waals surface area contributed by atoms with E-state index in [4.69, 9.17) is 16.3 Å². The highest BCUT2D eigenvalue weighted by Crippen LogP contribution is 2.31. The van der Waals surface area contributed by atoms with Crippen LogP contribution in [0.5, 0.6) is 5.75 Å². The number of aromatic nitrogens is 1. The molecule has 2 aromatic carbocycles. The van der Waals surface area contributed by atoms with E-state index >= 15 is 0 Å². The van der Waals surface area contributed by atoms with E-state index in [-0.39, 0.29) is 0 Å².